The third kappa shape index (κ3) is 2.80. The van der Waals surface area contributed by atoms with Gasteiger partial charge in [-0.2, -0.15) is 0 Å². The maximum atomic E-state index is 14.1. The van der Waals surface area contributed by atoms with E-state index >= 15 is 0 Å². The SMILES string of the molecule is O=C1c2ccc3c4c2c(ccc4c2c4ccccc4c4c5c(c6ccccc6c3c52)C(=O)N(CCO)C4=O)C(=O)N1CCO. The average Bonchev–Trinajstić information content (AvgIpc) is 3.05. The van der Waals surface area contributed by atoms with Gasteiger partial charge in [-0.15, -0.1) is 0 Å². The number of hydrogen-bond acceptors (Lipinski definition) is 6. The van der Waals surface area contributed by atoms with Gasteiger partial charge in [0.1, 0.15) is 0 Å². The quantitative estimate of drug-likeness (QED) is 0.168. The minimum absolute atomic E-state index is 0.0968. The Hall–Kier alpha value is -5.44. The van der Waals surface area contributed by atoms with Gasteiger partial charge < -0.3 is 10.2 Å². The summed E-state index contributed by atoms with van der Waals surface area (Å²) in [4.78, 5) is 57.6. The van der Waals surface area contributed by atoms with Crippen molar-refractivity contribution in [3.63, 3.8) is 0 Å². The van der Waals surface area contributed by atoms with Crippen LogP contribution in [0.15, 0.2) is 72.8 Å². The zero-order chi connectivity index (χ0) is 30.0. The second-order valence-corrected chi connectivity index (χ2v) is 11.4. The van der Waals surface area contributed by atoms with Crippen molar-refractivity contribution in [2.45, 2.75) is 0 Å². The minimum atomic E-state index is -0.453. The Morgan fingerprint density at radius 1 is 0.409 bits per heavy atom. The maximum absolute atomic E-state index is 14.1. The van der Waals surface area contributed by atoms with Crippen molar-refractivity contribution in [2.75, 3.05) is 26.3 Å². The van der Waals surface area contributed by atoms with E-state index in [1.807, 2.05) is 60.7 Å². The molecule has 0 aliphatic carbocycles. The van der Waals surface area contributed by atoms with Crippen molar-refractivity contribution in [2.24, 2.45) is 0 Å². The van der Waals surface area contributed by atoms with Crippen molar-refractivity contribution in [3.8, 4) is 0 Å². The molecule has 9 rings (SSSR count). The Balaban J connectivity index is 1.61. The molecule has 2 heterocycles. The summed E-state index contributed by atoms with van der Waals surface area (Å²) in [7, 11) is 0. The van der Waals surface area contributed by atoms with Gasteiger partial charge in [0.25, 0.3) is 23.6 Å². The van der Waals surface area contributed by atoms with Gasteiger partial charge in [-0.25, -0.2) is 0 Å². The number of aliphatic hydroxyl groups is 2. The summed E-state index contributed by atoms with van der Waals surface area (Å²) in [5.74, 6) is -1.80. The molecule has 0 bridgehead atoms. The number of imide groups is 2. The van der Waals surface area contributed by atoms with Crippen LogP contribution >= 0.6 is 0 Å². The number of carbonyl (C=O) groups is 4. The molecule has 4 amide bonds. The van der Waals surface area contributed by atoms with Crippen LogP contribution < -0.4 is 0 Å². The van der Waals surface area contributed by atoms with Gasteiger partial charge in [-0.1, -0.05) is 60.7 Å². The summed E-state index contributed by atoms with van der Waals surface area (Å²) in [5, 5.41) is 28.4. The molecule has 2 aliphatic rings. The van der Waals surface area contributed by atoms with E-state index < -0.39 is 23.6 Å². The van der Waals surface area contributed by atoms with Crippen molar-refractivity contribution < 1.29 is 29.4 Å². The molecule has 0 saturated heterocycles. The fourth-order valence-electron chi connectivity index (χ4n) is 7.75. The molecule has 2 aliphatic heterocycles. The third-order valence-corrected chi connectivity index (χ3v) is 9.40. The smallest absolute Gasteiger partial charge is 0.262 e. The summed E-state index contributed by atoms with van der Waals surface area (Å²) in [6.45, 7) is -0.902. The van der Waals surface area contributed by atoms with E-state index in [4.69, 9.17) is 0 Å². The Labute approximate surface area is 248 Å². The molecule has 0 radical (unpaired) electrons. The highest BCUT2D eigenvalue weighted by Crippen LogP contribution is 2.51. The zero-order valence-corrected chi connectivity index (χ0v) is 23.2. The normalized spacial score (nSPS) is 15.0. The highest BCUT2D eigenvalue weighted by Gasteiger charge is 2.39. The molecule has 0 atom stereocenters. The summed E-state index contributed by atoms with van der Waals surface area (Å²) in [6, 6.07) is 22.5. The van der Waals surface area contributed by atoms with Crippen molar-refractivity contribution >= 4 is 88.3 Å². The lowest BCUT2D eigenvalue weighted by atomic mass is 9.78. The second kappa shape index (κ2) is 8.57. The number of nitrogens with zero attached hydrogens (tertiary/aromatic N) is 2. The van der Waals surface area contributed by atoms with E-state index in [1.54, 1.807) is 12.1 Å². The number of rotatable bonds is 4. The number of benzene rings is 7. The van der Waals surface area contributed by atoms with Gasteiger partial charge >= 0.3 is 0 Å². The van der Waals surface area contributed by atoms with E-state index in [-0.39, 0.29) is 26.3 Å². The number of aliphatic hydroxyl groups excluding tert-OH is 2. The molecular weight excluding hydrogens is 556 g/mol. The first-order valence-corrected chi connectivity index (χ1v) is 14.5. The van der Waals surface area contributed by atoms with Crippen molar-refractivity contribution in [1.29, 1.82) is 0 Å². The predicted octanol–water partition coefficient (Wildman–Crippen LogP) is 5.22. The predicted molar refractivity (Wildman–Crippen MR) is 168 cm³/mol. The Bertz CT molecular complexity index is 2360. The van der Waals surface area contributed by atoms with E-state index in [2.05, 4.69) is 0 Å². The summed E-state index contributed by atoms with van der Waals surface area (Å²) >= 11 is 0. The van der Waals surface area contributed by atoms with Gasteiger partial charge in [0, 0.05) is 27.3 Å². The fraction of sp³-hybridized carbons (Fsp3) is 0.111. The van der Waals surface area contributed by atoms with E-state index in [9.17, 15) is 29.4 Å². The monoisotopic (exact) mass is 578 g/mol. The summed E-state index contributed by atoms with van der Waals surface area (Å²) in [5.41, 5.74) is 1.63. The highest BCUT2D eigenvalue weighted by atomic mass is 16.3. The lowest BCUT2D eigenvalue weighted by Gasteiger charge is -2.31. The number of amides is 4. The Kier molecular flexibility index (Phi) is 4.88. The first-order chi connectivity index (χ1) is 21.5. The van der Waals surface area contributed by atoms with Crippen molar-refractivity contribution in [1.82, 2.24) is 9.80 Å². The van der Waals surface area contributed by atoms with Crippen LogP contribution in [0.2, 0.25) is 0 Å². The largest absolute Gasteiger partial charge is 0.395 e. The molecule has 44 heavy (non-hydrogen) atoms. The van der Waals surface area contributed by atoms with Crippen LogP contribution in [0.3, 0.4) is 0 Å². The van der Waals surface area contributed by atoms with Crippen LogP contribution in [0.5, 0.6) is 0 Å². The minimum Gasteiger partial charge on any atom is -0.395 e. The molecule has 8 heteroatoms. The fourth-order valence-corrected chi connectivity index (χ4v) is 7.75. The molecule has 8 nitrogen and oxygen atoms in total. The van der Waals surface area contributed by atoms with Crippen LogP contribution in [0.25, 0.3) is 64.6 Å². The van der Waals surface area contributed by atoms with E-state index in [0.29, 0.717) is 43.8 Å². The molecular formula is C36H22N2O6. The van der Waals surface area contributed by atoms with Gasteiger partial charge in [-0.05, 0) is 60.6 Å². The standard InChI is InChI=1S/C36H22N2O6/c39-15-13-37-33(41)23-11-9-21-25-17-5-1-3-7-19(17)29-32-30(36(44)38(14-16-40)35(29)43)20-8-4-2-6-18(20)26(31(25)32)22-10-12-24(34(37)42)28(23)27(21)22/h1-12,39-40H,13-16H2. The van der Waals surface area contributed by atoms with E-state index in [1.165, 1.54) is 0 Å². The Morgan fingerprint density at radius 2 is 0.818 bits per heavy atom. The first kappa shape index (κ1) is 25.1. The molecule has 0 aromatic heterocycles. The number of β-amino-alcohol motifs (C(OH)–C–C–N with tert-alkyl or cyclic N) is 2. The molecule has 0 fully saturated rings. The van der Waals surface area contributed by atoms with Gasteiger partial charge in [0.2, 0.25) is 0 Å². The van der Waals surface area contributed by atoms with Crippen LogP contribution in [-0.4, -0.2) is 69.9 Å². The molecule has 0 spiro atoms. The molecule has 2 N–H and O–H groups in total. The summed E-state index contributed by atoms with van der Waals surface area (Å²) in [6.07, 6.45) is 0. The van der Waals surface area contributed by atoms with Crippen molar-refractivity contribution in [3.05, 3.63) is 95.1 Å². The van der Waals surface area contributed by atoms with Gasteiger partial charge in [0.15, 0.2) is 0 Å². The molecule has 0 saturated carbocycles. The first-order valence-electron chi connectivity index (χ1n) is 14.5. The van der Waals surface area contributed by atoms with Crippen LogP contribution in [0.4, 0.5) is 0 Å². The zero-order valence-electron chi connectivity index (χ0n) is 23.2. The highest BCUT2D eigenvalue weighted by molar-refractivity contribution is 6.49. The topological polar surface area (TPSA) is 115 Å². The summed E-state index contributed by atoms with van der Waals surface area (Å²) < 4.78 is 0. The maximum Gasteiger partial charge on any atom is 0.262 e. The molecule has 7 aromatic carbocycles. The number of carbonyl (C=O) groups excluding carboxylic acids is 4. The molecule has 0 unspecified atom stereocenters. The average molecular weight is 579 g/mol. The van der Waals surface area contributed by atoms with Crippen LogP contribution in [0.1, 0.15) is 41.4 Å². The van der Waals surface area contributed by atoms with Crippen LogP contribution in [0, 0.1) is 0 Å². The number of hydrogen-bond donors (Lipinski definition) is 2. The van der Waals surface area contributed by atoms with Crippen LogP contribution in [-0.2, 0) is 0 Å². The van der Waals surface area contributed by atoms with Gasteiger partial charge in [-0.3, -0.25) is 29.0 Å². The molecule has 7 aromatic rings. The van der Waals surface area contributed by atoms with Gasteiger partial charge in [0.05, 0.1) is 37.4 Å². The van der Waals surface area contributed by atoms with E-state index in [0.717, 1.165) is 52.9 Å². The molecule has 212 valence electrons. The lowest BCUT2D eigenvalue weighted by molar-refractivity contribution is 0.0568. The lowest BCUT2D eigenvalue weighted by Crippen LogP contribution is -2.42. The number of fused-ring (bicyclic) bond motifs is 8. The third-order valence-electron chi connectivity index (χ3n) is 9.40. The Morgan fingerprint density at radius 3 is 1.27 bits per heavy atom. The second-order valence-electron chi connectivity index (χ2n) is 11.4.